The molecule has 0 radical (unpaired) electrons. The standard InChI is InChI=1S/C54H37NSi/c1-4-16-38(17-5-1)39-28-32-43(33-29-39)56(41-18-6-2-7-19-41,42-20-8-3-9-21-42)44-34-30-40(31-35-44)55-51-27-15-14-26-50(51)54-52(55)37-36-49-47-24-11-10-22-45(47)46-23-12-13-25-48(46)53(49)54/h1-37H. The van der Waals surface area contributed by atoms with Crippen LogP contribution in [0.2, 0.25) is 0 Å². The molecule has 11 aromatic rings. The van der Waals surface area contributed by atoms with Crippen LogP contribution in [-0.4, -0.2) is 12.6 Å². The van der Waals surface area contributed by atoms with Gasteiger partial charge in [-0.05, 0) is 83.1 Å². The molecule has 0 spiro atoms. The molecule has 0 atom stereocenters. The highest BCUT2D eigenvalue weighted by Crippen LogP contribution is 2.43. The van der Waals surface area contributed by atoms with Crippen LogP contribution in [0.4, 0.5) is 0 Å². The molecule has 0 amide bonds. The van der Waals surface area contributed by atoms with E-state index in [4.69, 9.17) is 0 Å². The zero-order chi connectivity index (χ0) is 37.1. The second-order valence-corrected chi connectivity index (χ2v) is 18.6. The molecule has 0 bridgehead atoms. The molecule has 0 aliphatic carbocycles. The molecular formula is C54H37NSi. The summed E-state index contributed by atoms with van der Waals surface area (Å²) in [5.41, 5.74) is 6.06. The van der Waals surface area contributed by atoms with E-state index < -0.39 is 8.07 Å². The van der Waals surface area contributed by atoms with Crippen molar-refractivity contribution in [3.63, 3.8) is 0 Å². The normalized spacial score (nSPS) is 11.9. The van der Waals surface area contributed by atoms with E-state index in [1.807, 2.05) is 0 Å². The average molecular weight is 728 g/mol. The maximum atomic E-state index is 2.47. The highest BCUT2D eigenvalue weighted by Gasteiger charge is 2.41. The van der Waals surface area contributed by atoms with Crippen LogP contribution in [-0.2, 0) is 0 Å². The predicted octanol–water partition coefficient (Wildman–Crippen LogP) is 11.3. The Morgan fingerprint density at radius 2 is 0.661 bits per heavy atom. The fraction of sp³-hybridized carbons (Fsp3) is 0. The Morgan fingerprint density at radius 1 is 0.250 bits per heavy atom. The number of rotatable bonds is 6. The smallest absolute Gasteiger partial charge is 0.179 e. The molecule has 11 rings (SSSR count). The van der Waals surface area contributed by atoms with Gasteiger partial charge in [-0.25, -0.2) is 0 Å². The van der Waals surface area contributed by atoms with E-state index in [1.54, 1.807) is 0 Å². The van der Waals surface area contributed by atoms with Crippen molar-refractivity contribution in [2.75, 3.05) is 0 Å². The van der Waals surface area contributed by atoms with Gasteiger partial charge in [0.15, 0.2) is 8.07 Å². The van der Waals surface area contributed by atoms with Crippen molar-refractivity contribution >= 4 is 82.9 Å². The van der Waals surface area contributed by atoms with Crippen molar-refractivity contribution in [2.45, 2.75) is 0 Å². The first-order valence-electron chi connectivity index (χ1n) is 19.4. The van der Waals surface area contributed by atoms with Crippen molar-refractivity contribution in [1.82, 2.24) is 4.57 Å². The Morgan fingerprint density at radius 3 is 1.25 bits per heavy atom. The molecule has 2 heteroatoms. The minimum Gasteiger partial charge on any atom is -0.309 e. The van der Waals surface area contributed by atoms with Gasteiger partial charge in [0.25, 0.3) is 0 Å². The number of hydrogen-bond donors (Lipinski definition) is 0. The first-order valence-corrected chi connectivity index (χ1v) is 21.4. The molecule has 0 unspecified atom stereocenters. The molecular weight excluding hydrogens is 691 g/mol. The molecule has 10 aromatic carbocycles. The Kier molecular flexibility index (Phi) is 7.58. The lowest BCUT2D eigenvalue weighted by atomic mass is 9.92. The lowest BCUT2D eigenvalue weighted by molar-refractivity contribution is 1.18. The lowest BCUT2D eigenvalue weighted by Gasteiger charge is -2.34. The van der Waals surface area contributed by atoms with Crippen molar-refractivity contribution in [3.05, 3.63) is 224 Å². The van der Waals surface area contributed by atoms with E-state index in [9.17, 15) is 0 Å². The molecule has 0 saturated heterocycles. The fourth-order valence-corrected chi connectivity index (χ4v) is 14.2. The van der Waals surface area contributed by atoms with Gasteiger partial charge in [-0.3, -0.25) is 0 Å². The number of fused-ring (bicyclic) bond motifs is 10. The van der Waals surface area contributed by atoms with E-state index in [1.165, 1.54) is 86.0 Å². The van der Waals surface area contributed by atoms with Gasteiger partial charge in [0.1, 0.15) is 0 Å². The third-order valence-electron chi connectivity index (χ3n) is 11.9. The lowest BCUT2D eigenvalue weighted by Crippen LogP contribution is -2.74. The number of para-hydroxylation sites is 1. The van der Waals surface area contributed by atoms with E-state index in [0.29, 0.717) is 0 Å². The molecule has 0 N–H and O–H groups in total. The molecule has 56 heavy (non-hydrogen) atoms. The number of nitrogens with zero attached hydrogens (tertiary/aromatic N) is 1. The first kappa shape index (κ1) is 32.4. The minimum atomic E-state index is -2.74. The van der Waals surface area contributed by atoms with Crippen molar-refractivity contribution in [1.29, 1.82) is 0 Å². The first-order chi connectivity index (χ1) is 27.8. The number of benzene rings is 10. The maximum Gasteiger partial charge on any atom is 0.179 e. The number of aromatic nitrogens is 1. The van der Waals surface area contributed by atoms with Gasteiger partial charge in [0.2, 0.25) is 0 Å². The summed E-state index contributed by atoms with van der Waals surface area (Å²) in [6, 6.07) is 83.4. The number of hydrogen-bond acceptors (Lipinski definition) is 0. The zero-order valence-corrected chi connectivity index (χ0v) is 31.8. The van der Waals surface area contributed by atoms with Gasteiger partial charge < -0.3 is 4.57 Å². The van der Waals surface area contributed by atoms with Gasteiger partial charge in [-0.1, -0.05) is 200 Å². The topological polar surface area (TPSA) is 4.93 Å². The molecule has 1 nitrogen and oxygen atoms in total. The summed E-state index contributed by atoms with van der Waals surface area (Å²) in [6.07, 6.45) is 0. The van der Waals surface area contributed by atoms with Crippen molar-refractivity contribution in [3.8, 4) is 16.8 Å². The Balaban J connectivity index is 1.15. The van der Waals surface area contributed by atoms with E-state index in [-0.39, 0.29) is 0 Å². The van der Waals surface area contributed by atoms with Crippen LogP contribution in [0.25, 0.3) is 70.9 Å². The van der Waals surface area contributed by atoms with Crippen LogP contribution in [0.1, 0.15) is 0 Å². The summed E-state index contributed by atoms with van der Waals surface area (Å²) < 4.78 is 2.47. The average Bonchev–Trinajstić information content (AvgIpc) is 3.63. The third kappa shape index (κ3) is 4.86. The fourth-order valence-electron chi connectivity index (χ4n) is 9.51. The van der Waals surface area contributed by atoms with Gasteiger partial charge in [-0.2, -0.15) is 0 Å². The summed E-state index contributed by atoms with van der Waals surface area (Å²) in [5.74, 6) is 0. The molecule has 0 aliphatic rings. The zero-order valence-electron chi connectivity index (χ0n) is 30.8. The van der Waals surface area contributed by atoms with Gasteiger partial charge in [0.05, 0.1) is 11.0 Å². The van der Waals surface area contributed by atoms with Crippen LogP contribution in [0.15, 0.2) is 224 Å². The van der Waals surface area contributed by atoms with Crippen LogP contribution in [0, 0.1) is 0 Å². The van der Waals surface area contributed by atoms with Gasteiger partial charge in [0, 0.05) is 21.8 Å². The van der Waals surface area contributed by atoms with Crippen LogP contribution in [0.3, 0.4) is 0 Å². The monoisotopic (exact) mass is 727 g/mol. The summed E-state index contributed by atoms with van der Waals surface area (Å²) in [5, 5.41) is 15.8. The minimum absolute atomic E-state index is 1.16. The van der Waals surface area contributed by atoms with E-state index in [0.717, 1.165) is 5.69 Å². The molecule has 0 saturated carbocycles. The maximum absolute atomic E-state index is 2.74. The third-order valence-corrected chi connectivity index (χ3v) is 16.7. The van der Waals surface area contributed by atoms with E-state index >= 15 is 0 Å². The Bertz CT molecular complexity index is 3130. The highest BCUT2D eigenvalue weighted by molar-refractivity contribution is 7.19. The largest absolute Gasteiger partial charge is 0.309 e. The summed E-state index contributed by atoms with van der Waals surface area (Å²) in [4.78, 5) is 0. The van der Waals surface area contributed by atoms with Crippen molar-refractivity contribution < 1.29 is 0 Å². The quantitative estimate of drug-likeness (QED) is 0.0913. The Hall–Kier alpha value is -7.00. The van der Waals surface area contributed by atoms with Crippen LogP contribution in [0.5, 0.6) is 0 Å². The Labute approximate surface area is 327 Å². The summed E-state index contributed by atoms with van der Waals surface area (Å²) in [6.45, 7) is 0. The summed E-state index contributed by atoms with van der Waals surface area (Å²) >= 11 is 0. The molecule has 1 heterocycles. The SMILES string of the molecule is c1ccc(-c2ccc([Si](c3ccccc3)(c3ccccc3)c3ccc(-n4c5ccccc5c5c6c7ccccc7c7ccccc7c6ccc54)cc3)cc2)cc1. The molecule has 0 aliphatic heterocycles. The second-order valence-electron chi connectivity index (χ2n) is 14.8. The molecule has 0 fully saturated rings. The second kappa shape index (κ2) is 13.1. The van der Waals surface area contributed by atoms with Crippen molar-refractivity contribution in [2.24, 2.45) is 0 Å². The predicted molar refractivity (Wildman–Crippen MR) is 242 cm³/mol. The van der Waals surface area contributed by atoms with Gasteiger partial charge in [-0.15, -0.1) is 0 Å². The van der Waals surface area contributed by atoms with E-state index in [2.05, 4.69) is 229 Å². The van der Waals surface area contributed by atoms with Crippen LogP contribution >= 0.6 is 0 Å². The summed E-state index contributed by atoms with van der Waals surface area (Å²) in [7, 11) is -2.74. The van der Waals surface area contributed by atoms with Gasteiger partial charge >= 0.3 is 0 Å². The van der Waals surface area contributed by atoms with Crippen LogP contribution < -0.4 is 20.7 Å². The molecule has 1 aromatic heterocycles. The highest BCUT2D eigenvalue weighted by atomic mass is 28.3. The molecule has 262 valence electrons.